The van der Waals surface area contributed by atoms with Gasteiger partial charge in [0.15, 0.2) is 0 Å². The summed E-state index contributed by atoms with van der Waals surface area (Å²) in [6.45, 7) is 10.5. The van der Waals surface area contributed by atoms with Crippen LogP contribution in [-0.4, -0.2) is 41.4 Å². The molecule has 0 rings (SSSR count). The molecule has 0 aliphatic heterocycles. The standard InChI is InChI=1S/C11H23NO3/c1-6-12(7-9(2)8-13)10(14)15-11(3,4)5/h9,13H,6-8H2,1-5H3. The number of hydrogen-bond donors (Lipinski definition) is 1. The first-order valence-corrected chi connectivity index (χ1v) is 5.39. The molecule has 4 nitrogen and oxygen atoms in total. The van der Waals surface area contributed by atoms with Gasteiger partial charge in [-0.05, 0) is 33.6 Å². The van der Waals surface area contributed by atoms with Gasteiger partial charge in [0.05, 0.1) is 0 Å². The molecule has 0 radical (unpaired) electrons. The first-order valence-electron chi connectivity index (χ1n) is 5.39. The Balaban J connectivity index is 4.23. The van der Waals surface area contributed by atoms with E-state index in [0.29, 0.717) is 13.1 Å². The van der Waals surface area contributed by atoms with Crippen LogP contribution in [0.25, 0.3) is 0 Å². The molecule has 0 aliphatic carbocycles. The van der Waals surface area contributed by atoms with E-state index in [4.69, 9.17) is 9.84 Å². The minimum atomic E-state index is -0.465. The largest absolute Gasteiger partial charge is 0.444 e. The lowest BCUT2D eigenvalue weighted by Crippen LogP contribution is -2.39. The van der Waals surface area contributed by atoms with Crippen molar-refractivity contribution in [3.63, 3.8) is 0 Å². The third-order valence-electron chi connectivity index (χ3n) is 1.88. The second-order valence-electron chi connectivity index (χ2n) is 4.81. The SMILES string of the molecule is CCN(CC(C)CO)C(=O)OC(C)(C)C. The van der Waals surface area contributed by atoms with Gasteiger partial charge >= 0.3 is 6.09 Å². The van der Waals surface area contributed by atoms with Gasteiger partial charge in [-0.25, -0.2) is 4.79 Å². The van der Waals surface area contributed by atoms with Crippen LogP contribution in [-0.2, 0) is 4.74 Å². The van der Waals surface area contributed by atoms with Gasteiger partial charge < -0.3 is 14.7 Å². The first kappa shape index (κ1) is 14.2. The van der Waals surface area contributed by atoms with Gasteiger partial charge in [-0.2, -0.15) is 0 Å². The van der Waals surface area contributed by atoms with Crippen molar-refractivity contribution in [1.82, 2.24) is 4.90 Å². The zero-order valence-corrected chi connectivity index (χ0v) is 10.4. The normalized spacial score (nSPS) is 13.5. The first-order chi connectivity index (χ1) is 6.80. The van der Waals surface area contributed by atoms with E-state index in [1.165, 1.54) is 0 Å². The van der Waals surface area contributed by atoms with Crippen molar-refractivity contribution in [2.24, 2.45) is 5.92 Å². The van der Waals surface area contributed by atoms with Gasteiger partial charge in [0.2, 0.25) is 0 Å². The molecule has 15 heavy (non-hydrogen) atoms. The van der Waals surface area contributed by atoms with Gasteiger partial charge in [0, 0.05) is 19.7 Å². The van der Waals surface area contributed by atoms with Crippen molar-refractivity contribution in [2.45, 2.75) is 40.2 Å². The molecule has 0 aromatic carbocycles. The Bertz CT molecular complexity index is 198. The summed E-state index contributed by atoms with van der Waals surface area (Å²) in [6, 6.07) is 0. The Morgan fingerprint density at radius 1 is 1.47 bits per heavy atom. The Labute approximate surface area is 92.2 Å². The summed E-state index contributed by atoms with van der Waals surface area (Å²) < 4.78 is 5.24. The zero-order chi connectivity index (χ0) is 12.1. The second-order valence-corrected chi connectivity index (χ2v) is 4.81. The second kappa shape index (κ2) is 5.95. The summed E-state index contributed by atoms with van der Waals surface area (Å²) in [5, 5.41) is 8.91. The molecule has 0 spiro atoms. The minimum absolute atomic E-state index is 0.0810. The average Bonchev–Trinajstić information content (AvgIpc) is 2.10. The number of aliphatic hydroxyl groups is 1. The quantitative estimate of drug-likeness (QED) is 0.782. The fourth-order valence-corrected chi connectivity index (χ4v) is 1.09. The van der Waals surface area contributed by atoms with E-state index >= 15 is 0 Å². The zero-order valence-electron chi connectivity index (χ0n) is 10.4. The number of carbonyl (C=O) groups is 1. The van der Waals surface area contributed by atoms with Gasteiger partial charge in [-0.15, -0.1) is 0 Å². The average molecular weight is 217 g/mol. The summed E-state index contributed by atoms with van der Waals surface area (Å²) in [5.74, 6) is 0.0810. The van der Waals surface area contributed by atoms with E-state index in [2.05, 4.69) is 0 Å². The van der Waals surface area contributed by atoms with Crippen molar-refractivity contribution in [3.8, 4) is 0 Å². The van der Waals surface area contributed by atoms with Crippen molar-refractivity contribution in [2.75, 3.05) is 19.7 Å². The molecule has 4 heteroatoms. The number of nitrogens with zero attached hydrogens (tertiary/aromatic N) is 1. The van der Waals surface area contributed by atoms with Crippen molar-refractivity contribution in [1.29, 1.82) is 0 Å². The highest BCUT2D eigenvalue weighted by Gasteiger charge is 2.21. The summed E-state index contributed by atoms with van der Waals surface area (Å²) in [7, 11) is 0. The Kier molecular flexibility index (Phi) is 5.65. The van der Waals surface area contributed by atoms with Crippen LogP contribution < -0.4 is 0 Å². The maximum absolute atomic E-state index is 11.7. The number of rotatable bonds is 4. The lowest BCUT2D eigenvalue weighted by molar-refractivity contribution is 0.0219. The lowest BCUT2D eigenvalue weighted by atomic mass is 10.2. The topological polar surface area (TPSA) is 49.8 Å². The monoisotopic (exact) mass is 217 g/mol. The maximum atomic E-state index is 11.7. The molecule has 0 aromatic rings. The Morgan fingerprint density at radius 3 is 2.33 bits per heavy atom. The third kappa shape index (κ3) is 6.33. The highest BCUT2D eigenvalue weighted by Crippen LogP contribution is 2.10. The van der Waals surface area contributed by atoms with Crippen LogP contribution in [0.4, 0.5) is 4.79 Å². The molecule has 0 saturated heterocycles. The summed E-state index contributed by atoms with van der Waals surface area (Å²) in [6.07, 6.45) is -0.315. The number of ether oxygens (including phenoxy) is 1. The smallest absolute Gasteiger partial charge is 0.410 e. The van der Waals surface area contributed by atoms with Crippen LogP contribution in [0.5, 0.6) is 0 Å². The highest BCUT2D eigenvalue weighted by atomic mass is 16.6. The van der Waals surface area contributed by atoms with Crippen molar-refractivity contribution in [3.05, 3.63) is 0 Å². The van der Waals surface area contributed by atoms with Crippen LogP contribution in [0.15, 0.2) is 0 Å². The molecule has 0 aliphatic rings. The number of aliphatic hydroxyl groups excluding tert-OH is 1. The summed E-state index contributed by atoms with van der Waals surface area (Å²) in [5.41, 5.74) is -0.465. The van der Waals surface area contributed by atoms with E-state index < -0.39 is 5.60 Å². The molecule has 0 saturated carbocycles. The highest BCUT2D eigenvalue weighted by molar-refractivity contribution is 5.68. The Morgan fingerprint density at radius 2 is 2.00 bits per heavy atom. The van der Waals surface area contributed by atoms with Gasteiger partial charge in [-0.3, -0.25) is 0 Å². The molecule has 1 N–H and O–H groups in total. The van der Waals surface area contributed by atoms with Gasteiger partial charge in [-0.1, -0.05) is 6.92 Å². The molecule has 90 valence electrons. The van der Waals surface area contributed by atoms with E-state index in [1.54, 1.807) is 4.90 Å². The van der Waals surface area contributed by atoms with E-state index in [1.807, 2.05) is 34.6 Å². The van der Waals surface area contributed by atoms with Crippen LogP contribution in [0.1, 0.15) is 34.6 Å². The van der Waals surface area contributed by atoms with Crippen LogP contribution >= 0.6 is 0 Å². The number of carbonyl (C=O) groups excluding carboxylic acids is 1. The molecular weight excluding hydrogens is 194 g/mol. The van der Waals surface area contributed by atoms with E-state index in [9.17, 15) is 4.79 Å². The third-order valence-corrected chi connectivity index (χ3v) is 1.88. The lowest BCUT2D eigenvalue weighted by Gasteiger charge is -2.27. The predicted octanol–water partition coefficient (Wildman–Crippen LogP) is 1.87. The molecule has 0 fully saturated rings. The number of amides is 1. The Hall–Kier alpha value is -0.770. The molecular formula is C11H23NO3. The van der Waals surface area contributed by atoms with E-state index in [-0.39, 0.29) is 18.6 Å². The fraction of sp³-hybridized carbons (Fsp3) is 0.909. The van der Waals surface area contributed by atoms with E-state index in [0.717, 1.165) is 0 Å². The van der Waals surface area contributed by atoms with Gasteiger partial charge in [0.1, 0.15) is 5.60 Å². The molecule has 1 amide bonds. The fourth-order valence-electron chi connectivity index (χ4n) is 1.09. The summed E-state index contributed by atoms with van der Waals surface area (Å²) in [4.78, 5) is 13.3. The predicted molar refractivity (Wildman–Crippen MR) is 59.7 cm³/mol. The van der Waals surface area contributed by atoms with Crippen molar-refractivity contribution < 1.29 is 14.6 Å². The molecule has 0 aromatic heterocycles. The van der Waals surface area contributed by atoms with Crippen LogP contribution in [0, 0.1) is 5.92 Å². The van der Waals surface area contributed by atoms with Crippen molar-refractivity contribution >= 4 is 6.09 Å². The minimum Gasteiger partial charge on any atom is -0.444 e. The van der Waals surface area contributed by atoms with Crippen LogP contribution in [0.2, 0.25) is 0 Å². The van der Waals surface area contributed by atoms with Gasteiger partial charge in [0.25, 0.3) is 0 Å². The summed E-state index contributed by atoms with van der Waals surface area (Å²) >= 11 is 0. The molecule has 0 bridgehead atoms. The molecule has 1 atom stereocenters. The number of hydrogen-bond acceptors (Lipinski definition) is 3. The maximum Gasteiger partial charge on any atom is 0.410 e. The van der Waals surface area contributed by atoms with Crippen LogP contribution in [0.3, 0.4) is 0 Å². The molecule has 0 heterocycles. The molecule has 1 unspecified atom stereocenters.